The maximum atomic E-state index is 11.6. The topological polar surface area (TPSA) is 116 Å². The number of rotatable bonds is 4. The molecule has 0 radical (unpaired) electrons. The third kappa shape index (κ3) is 3.82. The first-order valence-corrected chi connectivity index (χ1v) is 9.08. The van der Waals surface area contributed by atoms with Gasteiger partial charge in [-0.25, -0.2) is 9.97 Å². The van der Waals surface area contributed by atoms with Gasteiger partial charge in [-0.2, -0.15) is 10.2 Å². The number of hydrogen-bond donors (Lipinski definition) is 2. The molecule has 0 aliphatic rings. The van der Waals surface area contributed by atoms with E-state index >= 15 is 0 Å². The standard InChI is InChI=1S/C19H22N8O2/c1-19(2,3)29-13-9-14(23-18-11(13)10-21-27(18)5)22-15-8-12(25-26(15)4)17-20-7-6-16(28)24-17/h6-10H,1-5H3,(H,22,23)(H,20,24,28). The molecule has 150 valence electrons. The molecule has 0 saturated carbocycles. The van der Waals surface area contributed by atoms with Crippen molar-refractivity contribution in [1.29, 1.82) is 0 Å². The number of fused-ring (bicyclic) bond motifs is 1. The van der Waals surface area contributed by atoms with Gasteiger partial charge in [-0.15, -0.1) is 0 Å². The van der Waals surface area contributed by atoms with Crippen LogP contribution in [0.25, 0.3) is 22.6 Å². The number of nitrogens with zero attached hydrogens (tertiary/aromatic N) is 6. The van der Waals surface area contributed by atoms with Gasteiger partial charge in [-0.1, -0.05) is 0 Å². The number of pyridine rings is 1. The molecule has 4 aromatic heterocycles. The summed E-state index contributed by atoms with van der Waals surface area (Å²) in [7, 11) is 3.63. The molecule has 0 unspecified atom stereocenters. The number of aromatic nitrogens is 7. The minimum Gasteiger partial charge on any atom is -0.487 e. The average Bonchev–Trinajstić information content (AvgIpc) is 3.18. The first-order valence-electron chi connectivity index (χ1n) is 9.08. The number of hydrogen-bond acceptors (Lipinski definition) is 7. The van der Waals surface area contributed by atoms with E-state index in [0.717, 1.165) is 5.39 Å². The molecule has 0 aliphatic heterocycles. The highest BCUT2D eigenvalue weighted by Crippen LogP contribution is 2.31. The van der Waals surface area contributed by atoms with Crippen LogP contribution in [0.2, 0.25) is 0 Å². The molecule has 0 aromatic carbocycles. The van der Waals surface area contributed by atoms with Crippen LogP contribution in [-0.4, -0.2) is 40.1 Å². The summed E-state index contributed by atoms with van der Waals surface area (Å²) in [6.07, 6.45) is 3.19. The van der Waals surface area contributed by atoms with E-state index < -0.39 is 0 Å². The summed E-state index contributed by atoms with van der Waals surface area (Å²) in [6.45, 7) is 5.97. The molecule has 4 aromatic rings. The molecule has 29 heavy (non-hydrogen) atoms. The first kappa shape index (κ1) is 18.7. The summed E-state index contributed by atoms with van der Waals surface area (Å²) in [5.41, 5.74) is 0.639. The number of ether oxygens (including phenoxy) is 1. The Balaban J connectivity index is 1.73. The van der Waals surface area contributed by atoms with Crippen molar-refractivity contribution in [2.75, 3.05) is 5.32 Å². The molecule has 0 bridgehead atoms. The lowest BCUT2D eigenvalue weighted by Crippen LogP contribution is -2.23. The van der Waals surface area contributed by atoms with Crippen LogP contribution < -0.4 is 15.6 Å². The highest BCUT2D eigenvalue weighted by atomic mass is 16.5. The summed E-state index contributed by atoms with van der Waals surface area (Å²) in [5.74, 6) is 2.36. The maximum Gasteiger partial charge on any atom is 0.251 e. The van der Waals surface area contributed by atoms with Crippen molar-refractivity contribution < 1.29 is 4.74 Å². The van der Waals surface area contributed by atoms with Gasteiger partial charge in [0.15, 0.2) is 11.5 Å². The van der Waals surface area contributed by atoms with E-state index in [-0.39, 0.29) is 11.2 Å². The molecular weight excluding hydrogens is 372 g/mol. The van der Waals surface area contributed by atoms with Crippen molar-refractivity contribution in [3.05, 3.63) is 40.9 Å². The van der Waals surface area contributed by atoms with Crippen LogP contribution in [0.1, 0.15) is 20.8 Å². The zero-order valence-electron chi connectivity index (χ0n) is 16.9. The number of H-pyrrole nitrogens is 1. The molecule has 10 heteroatoms. The Labute approximate surface area is 166 Å². The van der Waals surface area contributed by atoms with Crippen molar-refractivity contribution >= 4 is 22.7 Å². The molecule has 0 atom stereocenters. The highest BCUT2D eigenvalue weighted by molar-refractivity contribution is 5.84. The molecular formula is C19H22N8O2. The van der Waals surface area contributed by atoms with Crippen molar-refractivity contribution in [3.63, 3.8) is 0 Å². The zero-order valence-corrected chi connectivity index (χ0v) is 16.9. The maximum absolute atomic E-state index is 11.6. The van der Waals surface area contributed by atoms with Gasteiger partial charge in [-0.3, -0.25) is 14.2 Å². The van der Waals surface area contributed by atoms with Gasteiger partial charge in [0.2, 0.25) is 0 Å². The number of aryl methyl sites for hydroxylation is 2. The molecule has 0 amide bonds. The van der Waals surface area contributed by atoms with Crippen LogP contribution >= 0.6 is 0 Å². The van der Waals surface area contributed by atoms with Crippen LogP contribution in [-0.2, 0) is 14.1 Å². The summed E-state index contributed by atoms with van der Waals surface area (Å²) in [5, 5.41) is 12.8. The predicted molar refractivity (Wildman–Crippen MR) is 109 cm³/mol. The Bertz CT molecular complexity index is 1250. The number of anilines is 2. The highest BCUT2D eigenvalue weighted by Gasteiger charge is 2.18. The summed E-state index contributed by atoms with van der Waals surface area (Å²) in [6, 6.07) is 4.98. The van der Waals surface area contributed by atoms with Gasteiger partial charge in [0.1, 0.15) is 28.7 Å². The van der Waals surface area contributed by atoms with E-state index in [2.05, 4.69) is 30.5 Å². The van der Waals surface area contributed by atoms with E-state index in [1.165, 1.54) is 12.3 Å². The molecule has 0 saturated heterocycles. The lowest BCUT2D eigenvalue weighted by molar-refractivity contribution is 0.133. The van der Waals surface area contributed by atoms with Gasteiger partial charge < -0.3 is 15.0 Å². The van der Waals surface area contributed by atoms with Crippen LogP contribution in [0.5, 0.6) is 5.75 Å². The Morgan fingerprint density at radius 3 is 2.69 bits per heavy atom. The van der Waals surface area contributed by atoms with Gasteiger partial charge in [0.25, 0.3) is 5.56 Å². The predicted octanol–water partition coefficient (Wildman–Crippen LogP) is 2.37. The molecule has 4 rings (SSSR count). The molecule has 0 aliphatic carbocycles. The smallest absolute Gasteiger partial charge is 0.251 e. The van der Waals surface area contributed by atoms with Crippen LogP contribution in [0.4, 0.5) is 11.6 Å². The fourth-order valence-corrected chi connectivity index (χ4v) is 2.90. The SMILES string of the molecule is Cn1nc(-c2nccc(=O)[nH]2)cc1Nc1cc(OC(C)(C)C)c2cnn(C)c2n1. The van der Waals surface area contributed by atoms with Crippen LogP contribution in [0, 0.1) is 0 Å². The summed E-state index contributed by atoms with van der Waals surface area (Å²) >= 11 is 0. The largest absolute Gasteiger partial charge is 0.487 e. The van der Waals surface area contributed by atoms with E-state index in [9.17, 15) is 4.79 Å². The Morgan fingerprint density at radius 1 is 1.17 bits per heavy atom. The third-order valence-corrected chi connectivity index (χ3v) is 4.13. The van der Waals surface area contributed by atoms with Gasteiger partial charge >= 0.3 is 0 Å². The second-order valence-corrected chi connectivity index (χ2v) is 7.67. The van der Waals surface area contributed by atoms with Gasteiger partial charge in [0, 0.05) is 38.5 Å². The molecule has 4 heterocycles. The molecule has 0 fully saturated rings. The summed E-state index contributed by atoms with van der Waals surface area (Å²) < 4.78 is 9.47. The fraction of sp³-hybridized carbons (Fsp3) is 0.316. The van der Waals surface area contributed by atoms with Gasteiger partial charge in [-0.05, 0) is 20.8 Å². The number of nitrogens with one attached hydrogen (secondary N) is 2. The first-order chi connectivity index (χ1) is 13.7. The zero-order chi connectivity index (χ0) is 20.8. The second kappa shape index (κ2) is 6.73. The van der Waals surface area contributed by atoms with E-state index in [0.29, 0.717) is 34.6 Å². The fourth-order valence-electron chi connectivity index (χ4n) is 2.90. The summed E-state index contributed by atoms with van der Waals surface area (Å²) in [4.78, 5) is 23.0. The third-order valence-electron chi connectivity index (χ3n) is 4.13. The Hall–Kier alpha value is -3.69. The monoisotopic (exact) mass is 394 g/mol. The van der Waals surface area contributed by atoms with Crippen LogP contribution in [0.3, 0.4) is 0 Å². The van der Waals surface area contributed by atoms with Crippen molar-refractivity contribution in [3.8, 4) is 17.3 Å². The molecule has 0 spiro atoms. The molecule has 10 nitrogen and oxygen atoms in total. The minimum atomic E-state index is -0.369. The van der Waals surface area contributed by atoms with Crippen molar-refractivity contribution in [2.45, 2.75) is 26.4 Å². The van der Waals surface area contributed by atoms with Crippen LogP contribution in [0.15, 0.2) is 35.4 Å². The van der Waals surface area contributed by atoms with E-state index in [1.54, 1.807) is 28.7 Å². The Morgan fingerprint density at radius 2 is 1.97 bits per heavy atom. The minimum absolute atomic E-state index is 0.234. The lowest BCUT2D eigenvalue weighted by Gasteiger charge is -2.22. The van der Waals surface area contributed by atoms with E-state index in [4.69, 9.17) is 4.74 Å². The van der Waals surface area contributed by atoms with Gasteiger partial charge in [0.05, 0.1) is 11.6 Å². The van der Waals surface area contributed by atoms with E-state index in [1.807, 2.05) is 33.9 Å². The normalized spacial score (nSPS) is 11.8. The second-order valence-electron chi connectivity index (χ2n) is 7.67. The average molecular weight is 394 g/mol. The van der Waals surface area contributed by atoms with Crippen molar-refractivity contribution in [2.24, 2.45) is 14.1 Å². The quantitative estimate of drug-likeness (QED) is 0.546. The Kier molecular flexibility index (Phi) is 4.33. The lowest BCUT2D eigenvalue weighted by atomic mass is 10.2. The molecule has 2 N–H and O–H groups in total. The number of aromatic amines is 1. The van der Waals surface area contributed by atoms with Crippen molar-refractivity contribution in [1.82, 2.24) is 34.5 Å².